The van der Waals surface area contributed by atoms with Crippen molar-refractivity contribution in [2.24, 2.45) is 0 Å². The first-order valence-electron chi connectivity index (χ1n) is 25.3. The van der Waals surface area contributed by atoms with Gasteiger partial charge in [-0.2, -0.15) is 0 Å². The molecule has 0 saturated heterocycles. The molecule has 0 bridgehead atoms. The van der Waals surface area contributed by atoms with Crippen LogP contribution in [0.25, 0.3) is 0 Å². The number of hydrogen-bond donors (Lipinski definition) is 1. The van der Waals surface area contributed by atoms with Gasteiger partial charge in [0.05, 0.1) is 27.7 Å². The highest BCUT2D eigenvalue weighted by Gasteiger charge is 2.27. The third-order valence-corrected chi connectivity index (χ3v) is 11.0. The highest BCUT2D eigenvalue weighted by Crippen LogP contribution is 2.43. The van der Waals surface area contributed by atoms with Gasteiger partial charge in [-0.3, -0.25) is 18.6 Å². The quantitative estimate of drug-likeness (QED) is 0.0212. The number of carbonyl (C=O) groups is 2. The van der Waals surface area contributed by atoms with Gasteiger partial charge in [-0.15, -0.1) is 0 Å². The van der Waals surface area contributed by atoms with Crippen molar-refractivity contribution in [3.63, 3.8) is 0 Å². The lowest BCUT2D eigenvalue weighted by atomic mass is 10.1. The summed E-state index contributed by atoms with van der Waals surface area (Å²) >= 11 is 0. The molecule has 10 heteroatoms. The Morgan fingerprint density at radius 2 is 0.818 bits per heavy atom. The molecule has 0 aliphatic heterocycles. The fourth-order valence-corrected chi connectivity index (χ4v) is 6.87. The third-order valence-electron chi connectivity index (χ3n) is 9.99. The van der Waals surface area contributed by atoms with E-state index in [1.807, 2.05) is 21.1 Å². The Bertz CT molecular complexity index is 1530. The van der Waals surface area contributed by atoms with Gasteiger partial charge in [-0.25, -0.2) is 4.57 Å². The molecule has 0 spiro atoms. The summed E-state index contributed by atoms with van der Waals surface area (Å²) in [5.74, 6) is -0.861. The summed E-state index contributed by atoms with van der Waals surface area (Å²) in [7, 11) is 1.43. The summed E-state index contributed by atoms with van der Waals surface area (Å²) in [6, 6.07) is 0. The normalized spacial score (nSPS) is 14.5. The van der Waals surface area contributed by atoms with Crippen molar-refractivity contribution in [3.05, 3.63) is 122 Å². The molecule has 0 saturated carbocycles. The Kier molecular flexibility index (Phi) is 44.0. The summed E-state index contributed by atoms with van der Waals surface area (Å²) in [6.45, 7) is 4.12. The average molecular weight is 939 g/mol. The van der Waals surface area contributed by atoms with Crippen LogP contribution in [0.4, 0.5) is 0 Å². The number of nitrogens with zero attached hydrogens (tertiary/aromatic N) is 1. The van der Waals surface area contributed by atoms with Gasteiger partial charge in [0.2, 0.25) is 0 Å². The molecule has 0 aromatic carbocycles. The molecule has 0 aromatic rings. The maximum atomic E-state index is 12.8. The van der Waals surface area contributed by atoms with Gasteiger partial charge in [-0.1, -0.05) is 174 Å². The molecule has 2 atom stereocenters. The Morgan fingerprint density at radius 3 is 1.23 bits per heavy atom. The van der Waals surface area contributed by atoms with Crippen LogP contribution in [0.1, 0.15) is 168 Å². The molecule has 0 amide bonds. The van der Waals surface area contributed by atoms with Crippen molar-refractivity contribution in [2.75, 3.05) is 47.5 Å². The SMILES string of the molecule is CC/C=C\C/C=C\C/C=C\C/C=C\C/C=C\CCCCCCCCCC(=O)OC(COC(=O)CCCCC/C=C\C/C=C\C/C=C\C/C=C\C/C=C\CC)COP(=O)(O)OCC[N+](C)(C)C. The topological polar surface area (TPSA) is 108 Å². The molecule has 374 valence electrons. The standard InChI is InChI=1S/C56H92NO8P/c1-6-8-10-12-14-16-18-20-22-24-26-27-28-29-31-33-35-37-39-41-43-45-47-49-56(59)65-54(53-64-66(60,61)63-51-50-57(3,4)5)52-62-55(58)48-46-44-42-40-38-36-34-32-30-25-23-21-19-17-15-13-11-9-7-2/h8-11,14-17,20-23,26-27,29-32,36,38,54H,6-7,12-13,18-19,24-25,28,33-35,37,39-53H2,1-5H3/p+1/b10-8-,11-9-,16-14-,17-15-,22-20-,23-21-,27-26-,31-29-,32-30-,38-36-. The molecular weight excluding hydrogens is 846 g/mol. The van der Waals surface area contributed by atoms with Crippen LogP contribution >= 0.6 is 7.82 Å². The zero-order valence-corrected chi connectivity index (χ0v) is 43.0. The van der Waals surface area contributed by atoms with E-state index < -0.39 is 32.5 Å². The second kappa shape index (κ2) is 46.5. The van der Waals surface area contributed by atoms with Gasteiger partial charge in [0.1, 0.15) is 19.8 Å². The number of ether oxygens (including phenoxy) is 2. The minimum atomic E-state index is -4.40. The van der Waals surface area contributed by atoms with Gasteiger partial charge in [-0.05, 0) is 103 Å². The zero-order chi connectivity index (χ0) is 48.5. The number of likely N-dealkylation sites (N-methyl/N-ethyl adjacent to an activating group) is 1. The van der Waals surface area contributed by atoms with E-state index in [4.69, 9.17) is 18.5 Å². The molecule has 1 N–H and O–H groups in total. The Morgan fingerprint density at radius 1 is 0.470 bits per heavy atom. The zero-order valence-electron chi connectivity index (χ0n) is 42.1. The molecule has 0 rings (SSSR count). The van der Waals surface area contributed by atoms with Gasteiger partial charge >= 0.3 is 19.8 Å². The van der Waals surface area contributed by atoms with Crippen molar-refractivity contribution in [2.45, 2.75) is 174 Å². The molecule has 0 heterocycles. The van der Waals surface area contributed by atoms with E-state index in [0.29, 0.717) is 23.9 Å². The van der Waals surface area contributed by atoms with Crippen molar-refractivity contribution >= 4 is 19.8 Å². The molecular formula is C56H93NO8P+. The molecule has 2 unspecified atom stereocenters. The number of quaternary nitrogens is 1. The lowest BCUT2D eigenvalue weighted by Crippen LogP contribution is -2.37. The minimum absolute atomic E-state index is 0.0160. The average Bonchev–Trinajstić information content (AvgIpc) is 3.27. The molecule has 66 heavy (non-hydrogen) atoms. The van der Waals surface area contributed by atoms with Gasteiger partial charge in [0.15, 0.2) is 6.10 Å². The Balaban J connectivity index is 4.38. The summed E-state index contributed by atoms with van der Waals surface area (Å²) in [5.41, 5.74) is 0. The van der Waals surface area contributed by atoms with Crippen molar-refractivity contribution in [1.29, 1.82) is 0 Å². The molecule has 0 aliphatic rings. The minimum Gasteiger partial charge on any atom is -0.462 e. The molecule has 0 aliphatic carbocycles. The van der Waals surface area contributed by atoms with E-state index in [1.54, 1.807) is 0 Å². The van der Waals surface area contributed by atoms with E-state index in [0.717, 1.165) is 109 Å². The molecule has 0 aromatic heterocycles. The van der Waals surface area contributed by atoms with Crippen molar-refractivity contribution in [3.8, 4) is 0 Å². The number of esters is 2. The Labute approximate surface area is 403 Å². The summed E-state index contributed by atoms with van der Waals surface area (Å²) in [5, 5.41) is 0. The van der Waals surface area contributed by atoms with Crippen molar-refractivity contribution in [1.82, 2.24) is 0 Å². The highest BCUT2D eigenvalue weighted by molar-refractivity contribution is 7.47. The lowest BCUT2D eigenvalue weighted by Gasteiger charge is -2.24. The number of carbonyl (C=O) groups excluding carboxylic acids is 2. The summed E-state index contributed by atoms with van der Waals surface area (Å²) in [6.07, 6.45) is 65.3. The first kappa shape index (κ1) is 62.4. The molecule has 0 fully saturated rings. The second-order valence-electron chi connectivity index (χ2n) is 17.4. The second-order valence-corrected chi connectivity index (χ2v) is 18.9. The van der Waals surface area contributed by atoms with Crippen LogP contribution < -0.4 is 0 Å². The Hall–Kier alpha value is -3.59. The number of rotatable bonds is 44. The van der Waals surface area contributed by atoms with Gasteiger partial charge in [0.25, 0.3) is 0 Å². The van der Waals surface area contributed by atoms with Crippen molar-refractivity contribution < 1.29 is 42.1 Å². The first-order chi connectivity index (χ1) is 32.0. The van der Waals surface area contributed by atoms with E-state index in [1.165, 1.54) is 19.3 Å². The third kappa shape index (κ3) is 49.8. The number of allylic oxidation sites excluding steroid dienone is 20. The van der Waals surface area contributed by atoms with E-state index >= 15 is 0 Å². The number of hydrogen-bond acceptors (Lipinski definition) is 7. The predicted molar refractivity (Wildman–Crippen MR) is 279 cm³/mol. The molecule has 9 nitrogen and oxygen atoms in total. The number of phosphoric acid groups is 1. The maximum Gasteiger partial charge on any atom is 0.472 e. The summed E-state index contributed by atoms with van der Waals surface area (Å²) in [4.78, 5) is 35.6. The number of phosphoric ester groups is 1. The smallest absolute Gasteiger partial charge is 0.462 e. The number of unbranched alkanes of at least 4 members (excludes halogenated alkanes) is 10. The van der Waals surface area contributed by atoms with Crippen LogP contribution in [0.2, 0.25) is 0 Å². The van der Waals surface area contributed by atoms with Gasteiger partial charge in [0, 0.05) is 12.8 Å². The van der Waals surface area contributed by atoms with Crippen LogP contribution in [0.15, 0.2) is 122 Å². The largest absolute Gasteiger partial charge is 0.472 e. The van der Waals surface area contributed by atoms with Crippen LogP contribution in [0, 0.1) is 0 Å². The van der Waals surface area contributed by atoms with E-state index in [-0.39, 0.29) is 26.1 Å². The van der Waals surface area contributed by atoms with Crippen LogP contribution in [0.3, 0.4) is 0 Å². The van der Waals surface area contributed by atoms with E-state index in [9.17, 15) is 19.0 Å². The van der Waals surface area contributed by atoms with E-state index in [2.05, 4.69) is 135 Å². The highest BCUT2D eigenvalue weighted by atomic mass is 31.2. The maximum absolute atomic E-state index is 12.8. The first-order valence-corrected chi connectivity index (χ1v) is 26.8. The molecule has 0 radical (unpaired) electrons. The fourth-order valence-electron chi connectivity index (χ4n) is 6.12. The lowest BCUT2D eigenvalue weighted by molar-refractivity contribution is -0.870. The van der Waals surface area contributed by atoms with Gasteiger partial charge < -0.3 is 18.9 Å². The van der Waals surface area contributed by atoms with Crippen LogP contribution in [0.5, 0.6) is 0 Å². The van der Waals surface area contributed by atoms with Crippen LogP contribution in [-0.2, 0) is 32.7 Å². The van der Waals surface area contributed by atoms with Crippen LogP contribution in [-0.4, -0.2) is 74.9 Å². The monoisotopic (exact) mass is 939 g/mol. The fraction of sp³-hybridized carbons (Fsp3) is 0.607. The predicted octanol–water partition coefficient (Wildman–Crippen LogP) is 15.2. The summed E-state index contributed by atoms with van der Waals surface area (Å²) < 4.78 is 34.4.